The molecule has 0 spiro atoms. The van der Waals surface area contributed by atoms with Crippen LogP contribution in [0.4, 0.5) is 29.1 Å². The van der Waals surface area contributed by atoms with Crippen LogP contribution in [-0.4, -0.2) is 73.2 Å². The molecule has 1 aliphatic heterocycles. The van der Waals surface area contributed by atoms with E-state index in [-0.39, 0.29) is 28.9 Å². The smallest absolute Gasteiger partial charge is 0.387 e. The fourth-order valence-corrected chi connectivity index (χ4v) is 4.74. The average Bonchev–Trinajstić information content (AvgIpc) is 3.40. The Balaban J connectivity index is 1.33. The first-order valence-electron chi connectivity index (χ1n) is 12.8. The molecule has 6 rings (SSSR count). The number of hydrogen-bond acceptors (Lipinski definition) is 10. The quantitative estimate of drug-likeness (QED) is 0.243. The zero-order chi connectivity index (χ0) is 29.4. The van der Waals surface area contributed by atoms with E-state index >= 15 is 0 Å². The number of hydrogen-bond donors (Lipinski definition) is 1. The third-order valence-corrected chi connectivity index (χ3v) is 6.72. The lowest BCUT2D eigenvalue weighted by atomic mass is 10.0. The molecule has 0 saturated carbocycles. The second kappa shape index (κ2) is 10.9. The zero-order valence-electron chi connectivity index (χ0n) is 22.3. The Bertz CT molecular complexity index is 1750. The fourth-order valence-electron chi connectivity index (χ4n) is 4.74. The molecule has 0 amide bonds. The summed E-state index contributed by atoms with van der Waals surface area (Å²) < 4.78 is 74.4. The van der Waals surface area contributed by atoms with Crippen molar-refractivity contribution in [3.05, 3.63) is 60.9 Å². The van der Waals surface area contributed by atoms with Crippen LogP contribution in [-0.2, 0) is 0 Å². The number of likely N-dealkylation sites (tertiary alicyclic amines) is 1. The Morgan fingerprint density at radius 1 is 1.02 bits per heavy atom. The SMILES string of the molecule is Cc1cc(Nc2ncnc3ccc(OC(F)F)c(O[C@H]4CCN(C)CC4(F)F)c23)ccc1Oc1cc2ncnn2cn1. The highest BCUT2D eigenvalue weighted by Gasteiger charge is 2.46. The Hall–Kier alpha value is -4.79. The second-order valence-corrected chi connectivity index (χ2v) is 9.78. The van der Waals surface area contributed by atoms with Gasteiger partial charge in [-0.05, 0) is 49.9 Å². The summed E-state index contributed by atoms with van der Waals surface area (Å²) in [4.78, 5) is 18.3. The van der Waals surface area contributed by atoms with Gasteiger partial charge in [-0.15, -0.1) is 0 Å². The van der Waals surface area contributed by atoms with Crippen molar-refractivity contribution in [3.63, 3.8) is 0 Å². The summed E-state index contributed by atoms with van der Waals surface area (Å²) in [6.07, 6.45) is 2.56. The second-order valence-electron chi connectivity index (χ2n) is 9.78. The summed E-state index contributed by atoms with van der Waals surface area (Å²) in [6.45, 7) is -1.59. The van der Waals surface area contributed by atoms with Crippen LogP contribution in [0, 0.1) is 6.92 Å². The monoisotopic (exact) mass is 584 g/mol. The molecular formula is C27H24F4N8O3. The molecule has 11 nitrogen and oxygen atoms in total. The van der Waals surface area contributed by atoms with E-state index in [4.69, 9.17) is 9.47 Å². The number of alkyl halides is 4. The molecule has 1 aliphatic rings. The van der Waals surface area contributed by atoms with Crippen molar-refractivity contribution in [1.82, 2.24) is 34.4 Å². The van der Waals surface area contributed by atoms with Gasteiger partial charge in [-0.2, -0.15) is 13.9 Å². The van der Waals surface area contributed by atoms with Gasteiger partial charge in [0.1, 0.15) is 30.5 Å². The summed E-state index contributed by atoms with van der Waals surface area (Å²) in [5, 5.41) is 7.24. The van der Waals surface area contributed by atoms with E-state index in [0.717, 1.165) is 5.56 Å². The Morgan fingerprint density at radius 3 is 2.64 bits per heavy atom. The van der Waals surface area contributed by atoms with Crippen LogP contribution >= 0.6 is 0 Å². The van der Waals surface area contributed by atoms with E-state index in [9.17, 15) is 17.6 Å². The van der Waals surface area contributed by atoms with Gasteiger partial charge in [0.25, 0.3) is 5.92 Å². The van der Waals surface area contributed by atoms with Crippen molar-refractivity contribution in [3.8, 4) is 23.1 Å². The van der Waals surface area contributed by atoms with Crippen molar-refractivity contribution in [2.24, 2.45) is 0 Å². The first-order chi connectivity index (χ1) is 20.2. The van der Waals surface area contributed by atoms with Crippen LogP contribution in [0.15, 0.2) is 55.4 Å². The molecule has 0 radical (unpaired) electrons. The summed E-state index contributed by atoms with van der Waals surface area (Å²) in [5.74, 6) is -2.94. The number of anilines is 2. The lowest BCUT2D eigenvalue weighted by molar-refractivity contribution is -0.136. The van der Waals surface area contributed by atoms with Crippen LogP contribution in [0.1, 0.15) is 12.0 Å². The molecule has 1 saturated heterocycles. The van der Waals surface area contributed by atoms with Gasteiger partial charge in [-0.25, -0.2) is 33.2 Å². The summed E-state index contributed by atoms with van der Waals surface area (Å²) in [7, 11) is 1.58. The molecule has 5 aromatic rings. The van der Waals surface area contributed by atoms with E-state index in [1.165, 1.54) is 40.5 Å². The molecule has 4 heterocycles. The maximum atomic E-state index is 14.9. The number of aromatic nitrogens is 6. The first-order valence-corrected chi connectivity index (χ1v) is 12.8. The van der Waals surface area contributed by atoms with Crippen LogP contribution in [0.2, 0.25) is 0 Å². The largest absolute Gasteiger partial charge is 0.479 e. The topological polar surface area (TPSA) is 112 Å². The number of rotatable bonds is 8. The van der Waals surface area contributed by atoms with Gasteiger partial charge in [0.15, 0.2) is 23.3 Å². The van der Waals surface area contributed by atoms with Gasteiger partial charge in [0, 0.05) is 24.7 Å². The van der Waals surface area contributed by atoms with E-state index in [0.29, 0.717) is 29.5 Å². The van der Waals surface area contributed by atoms with Crippen molar-refractivity contribution < 1.29 is 31.8 Å². The molecule has 1 fully saturated rings. The van der Waals surface area contributed by atoms with Crippen LogP contribution in [0.5, 0.6) is 23.1 Å². The maximum absolute atomic E-state index is 14.9. The predicted octanol–water partition coefficient (Wildman–Crippen LogP) is 5.23. The third-order valence-electron chi connectivity index (χ3n) is 6.72. The minimum absolute atomic E-state index is 0.0238. The molecule has 2 aromatic carbocycles. The van der Waals surface area contributed by atoms with E-state index < -0.39 is 30.9 Å². The van der Waals surface area contributed by atoms with E-state index in [1.807, 2.05) is 6.92 Å². The van der Waals surface area contributed by atoms with Crippen molar-refractivity contribution in [2.75, 3.05) is 25.5 Å². The third kappa shape index (κ3) is 5.54. The average molecular weight is 585 g/mol. The molecule has 0 aliphatic carbocycles. The molecule has 1 atom stereocenters. The van der Waals surface area contributed by atoms with Gasteiger partial charge >= 0.3 is 6.61 Å². The molecule has 1 N–H and O–H groups in total. The summed E-state index contributed by atoms with van der Waals surface area (Å²) in [6, 6.07) is 9.47. The number of ether oxygens (including phenoxy) is 3. The van der Waals surface area contributed by atoms with Crippen molar-refractivity contribution in [1.29, 1.82) is 0 Å². The first kappa shape index (κ1) is 27.4. The highest BCUT2D eigenvalue weighted by atomic mass is 19.3. The minimum atomic E-state index is -3.24. The van der Waals surface area contributed by atoms with Gasteiger partial charge in [-0.1, -0.05) is 0 Å². The van der Waals surface area contributed by atoms with Gasteiger partial charge in [0.2, 0.25) is 5.88 Å². The minimum Gasteiger partial charge on any atom is -0.479 e. The molecule has 0 bridgehead atoms. The zero-order valence-corrected chi connectivity index (χ0v) is 22.3. The lowest BCUT2D eigenvalue weighted by Crippen LogP contribution is -2.52. The maximum Gasteiger partial charge on any atom is 0.387 e. The normalized spacial score (nSPS) is 17.1. The standard InChI is InChI=1S/C27H24F4N8O3/c1-15-9-16(3-5-18(15)40-22-10-21-33-13-36-39(21)14-35-22)37-25-23-17(32-12-34-25)4-6-19(41-26(28)29)24(23)42-20-7-8-38(2)11-27(20,30)31/h3-6,9-10,12-14,20,26H,7-8,11H2,1-2H3,(H,32,34,37)/t20-/m0/s1. The highest BCUT2D eigenvalue weighted by molar-refractivity contribution is 5.97. The lowest BCUT2D eigenvalue weighted by Gasteiger charge is -2.36. The number of nitrogens with one attached hydrogen (secondary N) is 1. The van der Waals surface area contributed by atoms with Crippen LogP contribution in [0.25, 0.3) is 16.6 Å². The molecule has 42 heavy (non-hydrogen) atoms. The highest BCUT2D eigenvalue weighted by Crippen LogP contribution is 2.43. The molecule has 3 aromatic heterocycles. The predicted molar refractivity (Wildman–Crippen MR) is 143 cm³/mol. The van der Waals surface area contributed by atoms with Crippen LogP contribution < -0.4 is 19.5 Å². The fraction of sp³-hybridized carbons (Fsp3) is 0.296. The number of benzene rings is 2. The van der Waals surface area contributed by atoms with Crippen LogP contribution in [0.3, 0.4) is 0 Å². The summed E-state index contributed by atoms with van der Waals surface area (Å²) in [5.41, 5.74) is 2.13. The van der Waals surface area contributed by atoms with E-state index in [2.05, 4.69) is 35.1 Å². The van der Waals surface area contributed by atoms with Crippen molar-refractivity contribution >= 4 is 28.1 Å². The van der Waals surface area contributed by atoms with Gasteiger partial charge in [0.05, 0.1) is 17.4 Å². The Morgan fingerprint density at radius 2 is 1.86 bits per heavy atom. The van der Waals surface area contributed by atoms with Crippen molar-refractivity contribution in [2.45, 2.75) is 32.0 Å². The summed E-state index contributed by atoms with van der Waals surface area (Å²) >= 11 is 0. The molecule has 0 unspecified atom stereocenters. The van der Waals surface area contributed by atoms with Gasteiger partial charge < -0.3 is 24.4 Å². The Kier molecular flexibility index (Phi) is 7.10. The number of aryl methyl sites for hydroxylation is 1. The molecular weight excluding hydrogens is 560 g/mol. The number of piperidine rings is 1. The number of fused-ring (bicyclic) bond motifs is 2. The number of halogens is 4. The molecule has 15 heteroatoms. The molecule has 218 valence electrons. The Labute approximate surface area is 236 Å². The van der Waals surface area contributed by atoms with E-state index in [1.54, 1.807) is 31.3 Å². The van der Waals surface area contributed by atoms with Gasteiger partial charge in [-0.3, -0.25) is 0 Å². The number of nitrogens with zero attached hydrogens (tertiary/aromatic N) is 7.